The van der Waals surface area contributed by atoms with E-state index in [-0.39, 0.29) is 23.3 Å². The van der Waals surface area contributed by atoms with E-state index in [4.69, 9.17) is 0 Å². The van der Waals surface area contributed by atoms with Crippen LogP contribution in [0.1, 0.15) is 97.8 Å². The van der Waals surface area contributed by atoms with E-state index >= 15 is 0 Å². The fourth-order valence-corrected chi connectivity index (χ4v) is 3.29. The minimum atomic E-state index is -0.342. The van der Waals surface area contributed by atoms with E-state index < -0.39 is 0 Å². The molecule has 4 nitrogen and oxygen atoms in total. The molecule has 1 atom stereocenters. The molecule has 140 valence electrons. The molecule has 1 fully saturated rings. The first-order valence-electron chi connectivity index (χ1n) is 10.0. The Morgan fingerprint density at radius 1 is 1.12 bits per heavy atom. The molecule has 1 heterocycles. The van der Waals surface area contributed by atoms with Gasteiger partial charge in [0.1, 0.15) is 0 Å². The Balaban J connectivity index is 2.20. The summed E-state index contributed by atoms with van der Waals surface area (Å²) in [6, 6.07) is -0.00200. The molecule has 0 aromatic carbocycles. The summed E-state index contributed by atoms with van der Waals surface area (Å²) in [5.41, 5.74) is -0.342. The second-order valence-corrected chi connectivity index (χ2v) is 7.98. The summed E-state index contributed by atoms with van der Waals surface area (Å²) in [5, 5.41) is 5.97. The van der Waals surface area contributed by atoms with Crippen LogP contribution < -0.4 is 10.6 Å². The fraction of sp³-hybridized carbons (Fsp3) is 0.900. The van der Waals surface area contributed by atoms with Crippen LogP contribution in [0.4, 0.5) is 0 Å². The van der Waals surface area contributed by atoms with Crippen molar-refractivity contribution in [2.75, 3.05) is 6.54 Å². The molecule has 1 saturated heterocycles. The van der Waals surface area contributed by atoms with E-state index in [1.54, 1.807) is 0 Å². The Labute approximate surface area is 148 Å². The molecule has 4 heteroatoms. The van der Waals surface area contributed by atoms with Gasteiger partial charge < -0.3 is 10.6 Å². The highest BCUT2D eigenvalue weighted by Crippen LogP contribution is 2.25. The molecule has 1 aliphatic rings. The molecule has 0 spiro atoms. The number of rotatable bonds is 11. The molecular weight excluding hydrogens is 300 g/mol. The lowest BCUT2D eigenvalue weighted by atomic mass is 9.85. The molecule has 0 radical (unpaired) electrons. The molecule has 0 unspecified atom stereocenters. The summed E-state index contributed by atoms with van der Waals surface area (Å²) in [5.74, 6) is 0.156. The second kappa shape index (κ2) is 11.5. The van der Waals surface area contributed by atoms with Gasteiger partial charge >= 0.3 is 0 Å². The van der Waals surface area contributed by atoms with Crippen molar-refractivity contribution in [3.05, 3.63) is 0 Å². The largest absolute Gasteiger partial charge is 0.356 e. The second-order valence-electron chi connectivity index (χ2n) is 7.98. The van der Waals surface area contributed by atoms with Crippen molar-refractivity contribution in [3.8, 4) is 0 Å². The average Bonchev–Trinajstić information content (AvgIpc) is 2.74. The van der Waals surface area contributed by atoms with Crippen LogP contribution in [0, 0.1) is 5.41 Å². The van der Waals surface area contributed by atoms with Crippen LogP contribution in [0.5, 0.6) is 0 Å². The molecule has 2 N–H and O–H groups in total. The highest BCUT2D eigenvalue weighted by Gasteiger charge is 2.29. The van der Waals surface area contributed by atoms with Gasteiger partial charge in [-0.1, -0.05) is 72.1 Å². The highest BCUT2D eigenvalue weighted by atomic mass is 16.2. The first kappa shape index (κ1) is 21.0. The Morgan fingerprint density at radius 3 is 2.42 bits per heavy atom. The van der Waals surface area contributed by atoms with Crippen molar-refractivity contribution in [1.82, 2.24) is 10.6 Å². The number of carbonyl (C=O) groups excluding carboxylic acids is 2. The topological polar surface area (TPSA) is 58.2 Å². The average molecular weight is 339 g/mol. The van der Waals surface area contributed by atoms with Crippen LogP contribution in [0.2, 0.25) is 0 Å². The van der Waals surface area contributed by atoms with Gasteiger partial charge in [-0.2, -0.15) is 0 Å². The number of nitrogens with one attached hydrogen (secondary N) is 2. The van der Waals surface area contributed by atoms with Gasteiger partial charge in [0, 0.05) is 24.4 Å². The number of unbranched alkanes of at least 4 members (excludes halogenated alkanes) is 7. The molecule has 0 aromatic heterocycles. The van der Waals surface area contributed by atoms with Gasteiger partial charge in [0.15, 0.2) is 0 Å². The smallest absolute Gasteiger partial charge is 0.225 e. The van der Waals surface area contributed by atoms with Crippen molar-refractivity contribution < 1.29 is 9.59 Å². The number of hydrogen-bond donors (Lipinski definition) is 2. The van der Waals surface area contributed by atoms with Crippen molar-refractivity contribution in [2.24, 2.45) is 5.41 Å². The molecule has 24 heavy (non-hydrogen) atoms. The van der Waals surface area contributed by atoms with Crippen molar-refractivity contribution in [1.29, 1.82) is 0 Å². The molecule has 0 saturated carbocycles. The molecule has 2 amide bonds. The number of hydrogen-bond acceptors (Lipinski definition) is 2. The maximum Gasteiger partial charge on any atom is 0.225 e. The summed E-state index contributed by atoms with van der Waals surface area (Å²) in [6.45, 7) is 7.03. The lowest BCUT2D eigenvalue weighted by molar-refractivity contribution is -0.130. The summed E-state index contributed by atoms with van der Waals surface area (Å²) in [4.78, 5) is 24.1. The Hall–Kier alpha value is -1.06. The summed E-state index contributed by atoms with van der Waals surface area (Å²) in [6.07, 6.45) is 13.5. The standard InChI is InChI=1S/C20H38N2O2/c1-4-5-6-7-8-9-10-11-14-20(2,3)19(24)22-17-13-12-15-21-18(23)16-17/h17H,4-16H2,1-3H3,(H,21,23)(H,22,24)/t17-/m1/s1. The van der Waals surface area contributed by atoms with Crippen LogP contribution >= 0.6 is 0 Å². The van der Waals surface area contributed by atoms with E-state index in [0.717, 1.165) is 32.2 Å². The van der Waals surface area contributed by atoms with E-state index in [0.29, 0.717) is 6.42 Å². The highest BCUT2D eigenvalue weighted by molar-refractivity contribution is 5.83. The number of amides is 2. The third kappa shape index (κ3) is 8.70. The first-order chi connectivity index (χ1) is 11.5. The van der Waals surface area contributed by atoms with Crippen LogP contribution in [-0.2, 0) is 9.59 Å². The fourth-order valence-electron chi connectivity index (χ4n) is 3.29. The third-order valence-electron chi connectivity index (χ3n) is 5.09. The zero-order valence-electron chi connectivity index (χ0n) is 16.1. The Kier molecular flexibility index (Phi) is 10.0. The van der Waals surface area contributed by atoms with Gasteiger partial charge in [0.05, 0.1) is 0 Å². The molecule has 1 aliphatic heterocycles. The third-order valence-corrected chi connectivity index (χ3v) is 5.09. The van der Waals surface area contributed by atoms with Crippen molar-refractivity contribution >= 4 is 11.8 Å². The monoisotopic (exact) mass is 338 g/mol. The van der Waals surface area contributed by atoms with Crippen LogP contribution in [0.15, 0.2) is 0 Å². The minimum absolute atomic E-state index is 0.00200. The molecule has 0 aromatic rings. The van der Waals surface area contributed by atoms with Gasteiger partial charge in [-0.3, -0.25) is 9.59 Å². The normalized spacial score (nSPS) is 18.8. The zero-order chi connectivity index (χ0) is 17.8. The maximum atomic E-state index is 12.5. The summed E-state index contributed by atoms with van der Waals surface area (Å²) >= 11 is 0. The lowest BCUT2D eigenvalue weighted by Gasteiger charge is -2.26. The van der Waals surface area contributed by atoms with Crippen LogP contribution in [0.25, 0.3) is 0 Å². The molecule has 1 rings (SSSR count). The van der Waals surface area contributed by atoms with Crippen LogP contribution in [0.3, 0.4) is 0 Å². The predicted molar refractivity (Wildman–Crippen MR) is 99.8 cm³/mol. The zero-order valence-corrected chi connectivity index (χ0v) is 16.1. The lowest BCUT2D eigenvalue weighted by Crippen LogP contribution is -2.43. The van der Waals surface area contributed by atoms with Gasteiger partial charge in [0.2, 0.25) is 11.8 Å². The SMILES string of the molecule is CCCCCCCCCCC(C)(C)C(=O)N[C@@H]1CCCNC(=O)C1. The van der Waals surface area contributed by atoms with Gasteiger partial charge in [-0.15, -0.1) is 0 Å². The Bertz CT molecular complexity index is 380. The van der Waals surface area contributed by atoms with Gasteiger partial charge in [0.25, 0.3) is 0 Å². The van der Waals surface area contributed by atoms with Gasteiger partial charge in [-0.05, 0) is 19.3 Å². The van der Waals surface area contributed by atoms with E-state index in [1.807, 2.05) is 13.8 Å². The van der Waals surface area contributed by atoms with Crippen molar-refractivity contribution in [2.45, 2.75) is 104 Å². The Morgan fingerprint density at radius 2 is 1.75 bits per heavy atom. The maximum absolute atomic E-state index is 12.5. The minimum Gasteiger partial charge on any atom is -0.356 e. The quantitative estimate of drug-likeness (QED) is 0.551. The molecule has 0 bridgehead atoms. The first-order valence-corrected chi connectivity index (χ1v) is 10.0. The molecule has 0 aliphatic carbocycles. The van der Waals surface area contributed by atoms with E-state index in [2.05, 4.69) is 17.6 Å². The molecular formula is C20H38N2O2. The van der Waals surface area contributed by atoms with Crippen LogP contribution in [-0.4, -0.2) is 24.4 Å². The van der Waals surface area contributed by atoms with Gasteiger partial charge in [-0.25, -0.2) is 0 Å². The number of carbonyl (C=O) groups is 2. The summed E-state index contributed by atoms with van der Waals surface area (Å²) in [7, 11) is 0. The summed E-state index contributed by atoms with van der Waals surface area (Å²) < 4.78 is 0. The van der Waals surface area contributed by atoms with E-state index in [1.165, 1.54) is 44.9 Å². The van der Waals surface area contributed by atoms with E-state index in [9.17, 15) is 9.59 Å². The van der Waals surface area contributed by atoms with Crippen molar-refractivity contribution in [3.63, 3.8) is 0 Å². The predicted octanol–water partition coefficient (Wildman–Crippen LogP) is 4.33.